The number of rotatable bonds is 2. The second kappa shape index (κ2) is 6.38. The number of thioether (sulfide) groups is 1. The summed E-state index contributed by atoms with van der Waals surface area (Å²) in [6.45, 7) is 2.58. The van der Waals surface area contributed by atoms with Crippen molar-refractivity contribution in [2.75, 3.05) is 26.0 Å². The molecule has 0 aromatic heterocycles. The maximum absolute atomic E-state index is 5.43. The van der Waals surface area contributed by atoms with Gasteiger partial charge in [0.25, 0.3) is 0 Å². The van der Waals surface area contributed by atoms with Crippen LogP contribution in [0.4, 0.5) is 0 Å². The smallest absolute Gasteiger partial charge is 0.0662 e. The summed E-state index contributed by atoms with van der Waals surface area (Å²) in [4.78, 5) is 1.31. The van der Waals surface area contributed by atoms with Gasteiger partial charge in [-0.15, -0.1) is 24.2 Å². The van der Waals surface area contributed by atoms with Crippen molar-refractivity contribution in [3.8, 4) is 0 Å². The second-order valence-electron chi connectivity index (χ2n) is 3.35. The van der Waals surface area contributed by atoms with E-state index in [2.05, 4.69) is 35.8 Å². The summed E-state index contributed by atoms with van der Waals surface area (Å²) < 4.78 is 5.43. The molecule has 84 valence electrons. The molecule has 0 unspecified atom stereocenters. The average Bonchev–Trinajstić information content (AvgIpc) is 2.30. The van der Waals surface area contributed by atoms with Crippen molar-refractivity contribution >= 4 is 24.2 Å². The van der Waals surface area contributed by atoms with Gasteiger partial charge >= 0.3 is 0 Å². The van der Waals surface area contributed by atoms with Gasteiger partial charge in [-0.3, -0.25) is 0 Å². The Bertz CT molecular complexity index is 285. The molecule has 0 spiro atoms. The summed E-state index contributed by atoms with van der Waals surface area (Å²) in [5, 5.41) is 3.44. The Morgan fingerprint density at radius 2 is 2.07 bits per heavy atom. The molecule has 0 saturated carbocycles. The Labute approximate surface area is 101 Å². The van der Waals surface area contributed by atoms with Crippen LogP contribution in [0.15, 0.2) is 29.2 Å². The van der Waals surface area contributed by atoms with Gasteiger partial charge in [-0.25, -0.2) is 0 Å². The molecule has 1 fully saturated rings. The number of ether oxygens (including phenoxy) is 1. The lowest BCUT2D eigenvalue weighted by atomic mass is 10.1. The zero-order valence-electron chi connectivity index (χ0n) is 8.73. The minimum Gasteiger partial charge on any atom is -0.378 e. The fourth-order valence-corrected chi connectivity index (χ4v) is 2.02. The number of nitrogens with one attached hydrogen (secondary N) is 1. The predicted molar refractivity (Wildman–Crippen MR) is 67.0 cm³/mol. The van der Waals surface area contributed by atoms with Crippen molar-refractivity contribution in [2.24, 2.45) is 0 Å². The monoisotopic (exact) mass is 245 g/mol. The minimum absolute atomic E-state index is 0. The van der Waals surface area contributed by atoms with E-state index in [9.17, 15) is 0 Å². The van der Waals surface area contributed by atoms with Crippen molar-refractivity contribution in [1.29, 1.82) is 0 Å². The lowest BCUT2D eigenvalue weighted by molar-refractivity contribution is 0.0769. The maximum Gasteiger partial charge on any atom is 0.0662 e. The van der Waals surface area contributed by atoms with E-state index >= 15 is 0 Å². The summed E-state index contributed by atoms with van der Waals surface area (Å²) >= 11 is 1.77. The predicted octanol–water partition coefficient (Wildman–Crippen LogP) is 2.49. The molecule has 1 heterocycles. The van der Waals surface area contributed by atoms with Crippen LogP contribution in [0.3, 0.4) is 0 Å². The van der Waals surface area contributed by atoms with Crippen molar-refractivity contribution in [2.45, 2.75) is 10.9 Å². The number of halogens is 1. The molecule has 4 heteroatoms. The first-order valence-electron chi connectivity index (χ1n) is 4.85. The van der Waals surface area contributed by atoms with Gasteiger partial charge in [0.1, 0.15) is 0 Å². The van der Waals surface area contributed by atoms with Crippen LogP contribution < -0.4 is 5.32 Å². The van der Waals surface area contributed by atoms with Crippen LogP contribution in [0.1, 0.15) is 11.6 Å². The first-order chi connectivity index (χ1) is 6.90. The molecule has 0 aliphatic carbocycles. The van der Waals surface area contributed by atoms with Crippen LogP contribution in [0.25, 0.3) is 0 Å². The maximum atomic E-state index is 5.43. The van der Waals surface area contributed by atoms with Gasteiger partial charge in [0.2, 0.25) is 0 Å². The van der Waals surface area contributed by atoms with Crippen molar-refractivity contribution in [3.63, 3.8) is 0 Å². The third-order valence-electron chi connectivity index (χ3n) is 2.44. The molecule has 1 aliphatic heterocycles. The van der Waals surface area contributed by atoms with Gasteiger partial charge in [0.05, 0.1) is 19.3 Å². The molecule has 0 radical (unpaired) electrons. The van der Waals surface area contributed by atoms with E-state index in [0.29, 0.717) is 6.04 Å². The van der Waals surface area contributed by atoms with Gasteiger partial charge in [0.15, 0.2) is 0 Å². The Morgan fingerprint density at radius 1 is 1.33 bits per heavy atom. The van der Waals surface area contributed by atoms with E-state index in [4.69, 9.17) is 4.74 Å². The number of benzene rings is 1. The summed E-state index contributed by atoms with van der Waals surface area (Å²) in [7, 11) is 0. The Balaban J connectivity index is 0.00000112. The molecule has 0 bridgehead atoms. The highest BCUT2D eigenvalue weighted by molar-refractivity contribution is 7.98. The van der Waals surface area contributed by atoms with E-state index in [-0.39, 0.29) is 12.4 Å². The lowest BCUT2D eigenvalue weighted by Gasteiger charge is -2.24. The summed E-state index contributed by atoms with van der Waals surface area (Å²) in [6, 6.07) is 9.06. The van der Waals surface area contributed by atoms with E-state index in [1.54, 1.807) is 11.8 Å². The van der Waals surface area contributed by atoms with Crippen molar-refractivity contribution < 1.29 is 4.74 Å². The normalized spacial score (nSPS) is 20.7. The van der Waals surface area contributed by atoms with Crippen molar-refractivity contribution in [3.05, 3.63) is 29.8 Å². The number of hydrogen-bond donors (Lipinski definition) is 1. The summed E-state index contributed by atoms with van der Waals surface area (Å²) in [6.07, 6.45) is 2.09. The molecule has 1 aromatic carbocycles. The quantitative estimate of drug-likeness (QED) is 0.809. The largest absolute Gasteiger partial charge is 0.378 e. The van der Waals surface area contributed by atoms with Crippen LogP contribution in [0.5, 0.6) is 0 Å². The Hall–Kier alpha value is -0.220. The SMILES string of the molecule is CSc1ccc([C@@H]2COCCN2)cc1.Cl. The van der Waals surface area contributed by atoms with Crippen LogP contribution in [0.2, 0.25) is 0 Å². The molecule has 1 aliphatic rings. The molecule has 1 atom stereocenters. The number of hydrogen-bond acceptors (Lipinski definition) is 3. The lowest BCUT2D eigenvalue weighted by Crippen LogP contribution is -2.34. The van der Waals surface area contributed by atoms with Crippen LogP contribution in [0, 0.1) is 0 Å². The highest BCUT2D eigenvalue weighted by Gasteiger charge is 2.14. The fourth-order valence-electron chi connectivity index (χ4n) is 1.62. The van der Waals surface area contributed by atoms with Gasteiger partial charge in [-0.2, -0.15) is 0 Å². The van der Waals surface area contributed by atoms with Gasteiger partial charge < -0.3 is 10.1 Å². The first-order valence-corrected chi connectivity index (χ1v) is 6.07. The van der Waals surface area contributed by atoms with Gasteiger partial charge in [0, 0.05) is 11.4 Å². The average molecular weight is 246 g/mol. The zero-order chi connectivity index (χ0) is 9.80. The van der Waals surface area contributed by atoms with E-state index in [1.807, 2.05) is 0 Å². The number of morpholine rings is 1. The summed E-state index contributed by atoms with van der Waals surface area (Å²) in [5.41, 5.74) is 1.32. The molecule has 1 aromatic rings. The molecular weight excluding hydrogens is 230 g/mol. The molecule has 2 nitrogen and oxygen atoms in total. The molecule has 0 amide bonds. The van der Waals surface area contributed by atoms with E-state index < -0.39 is 0 Å². The van der Waals surface area contributed by atoms with E-state index in [1.165, 1.54) is 10.5 Å². The van der Waals surface area contributed by atoms with Gasteiger partial charge in [-0.05, 0) is 24.0 Å². The van der Waals surface area contributed by atoms with E-state index in [0.717, 1.165) is 19.8 Å². The zero-order valence-corrected chi connectivity index (χ0v) is 10.4. The van der Waals surface area contributed by atoms with Crippen LogP contribution in [-0.2, 0) is 4.74 Å². The minimum atomic E-state index is 0. The standard InChI is InChI=1S/C11H15NOS.ClH/c1-14-10-4-2-9(3-5-10)11-8-13-7-6-12-11;/h2-5,11-12H,6-8H2,1H3;1H/t11-;/m0./s1. The fraction of sp³-hybridized carbons (Fsp3) is 0.455. The molecule has 2 rings (SSSR count). The van der Waals surface area contributed by atoms with Crippen LogP contribution in [-0.4, -0.2) is 26.0 Å². The molecule has 1 N–H and O–H groups in total. The van der Waals surface area contributed by atoms with Gasteiger partial charge in [-0.1, -0.05) is 12.1 Å². The topological polar surface area (TPSA) is 21.3 Å². The third kappa shape index (κ3) is 3.38. The highest BCUT2D eigenvalue weighted by atomic mass is 35.5. The first kappa shape index (κ1) is 12.8. The molecule has 15 heavy (non-hydrogen) atoms. The Kier molecular flexibility index (Phi) is 5.47. The molecule has 1 saturated heterocycles. The highest BCUT2D eigenvalue weighted by Crippen LogP contribution is 2.20. The van der Waals surface area contributed by atoms with Crippen LogP contribution >= 0.6 is 24.2 Å². The third-order valence-corrected chi connectivity index (χ3v) is 3.18. The Morgan fingerprint density at radius 3 is 2.60 bits per heavy atom. The second-order valence-corrected chi connectivity index (χ2v) is 4.23. The molecular formula is C11H16ClNOS. The van der Waals surface area contributed by atoms with Crippen molar-refractivity contribution in [1.82, 2.24) is 5.32 Å². The summed E-state index contributed by atoms with van der Waals surface area (Å²) in [5.74, 6) is 0.